The third kappa shape index (κ3) is 4.41. The van der Waals surface area contributed by atoms with Crippen LogP contribution >= 0.6 is 11.3 Å². The van der Waals surface area contributed by atoms with E-state index in [-0.39, 0.29) is 29.0 Å². The first kappa shape index (κ1) is 16.3. The Balaban J connectivity index is 2.63. The number of anilines is 1. The Bertz CT molecular complexity index is 610. The molecular weight excluding hydrogens is 312 g/mol. The molecule has 0 aromatic carbocycles. The standard InChI is InChI=1S/C8H12N4O6S2/c9-6(13)4-18-2-1-11-20(16,17)7-3-5(12(14)15)8(10)19-7/h3,11H,1-2,4,10H2,(H2,9,13). The Hall–Kier alpha value is -1.76. The molecule has 1 heterocycles. The van der Waals surface area contributed by atoms with Crippen LogP contribution in [0, 0.1) is 10.1 Å². The van der Waals surface area contributed by atoms with Gasteiger partial charge in [-0.15, -0.1) is 0 Å². The third-order valence-corrected chi connectivity index (χ3v) is 4.85. The second kappa shape index (κ2) is 6.60. The molecule has 0 atom stereocenters. The maximum atomic E-state index is 11.8. The minimum Gasteiger partial charge on any atom is -0.385 e. The number of carbonyl (C=O) groups excluding carboxylic acids is 1. The van der Waals surface area contributed by atoms with Crippen LogP contribution in [0.15, 0.2) is 10.3 Å². The molecule has 1 aromatic rings. The summed E-state index contributed by atoms with van der Waals surface area (Å²) in [6.07, 6.45) is 0. The van der Waals surface area contributed by atoms with E-state index in [9.17, 15) is 23.3 Å². The molecule has 112 valence electrons. The summed E-state index contributed by atoms with van der Waals surface area (Å²) in [6.45, 7) is -0.495. The van der Waals surface area contributed by atoms with Gasteiger partial charge in [-0.05, 0) is 0 Å². The maximum Gasteiger partial charge on any atom is 0.304 e. The van der Waals surface area contributed by atoms with Gasteiger partial charge in [0.1, 0.15) is 10.8 Å². The Morgan fingerprint density at radius 3 is 2.70 bits per heavy atom. The first-order valence-electron chi connectivity index (χ1n) is 5.13. The van der Waals surface area contributed by atoms with Crippen LogP contribution in [0.5, 0.6) is 0 Å². The highest BCUT2D eigenvalue weighted by molar-refractivity contribution is 7.91. The zero-order chi connectivity index (χ0) is 15.3. The van der Waals surface area contributed by atoms with E-state index in [2.05, 4.69) is 4.72 Å². The smallest absolute Gasteiger partial charge is 0.304 e. The first-order valence-corrected chi connectivity index (χ1v) is 7.43. The second-order valence-corrected chi connectivity index (χ2v) is 6.57. The molecular formula is C8H12N4O6S2. The van der Waals surface area contributed by atoms with Crippen molar-refractivity contribution in [3.63, 3.8) is 0 Å². The molecule has 1 rings (SSSR count). The average molecular weight is 324 g/mol. The van der Waals surface area contributed by atoms with Gasteiger partial charge in [-0.1, -0.05) is 11.3 Å². The van der Waals surface area contributed by atoms with E-state index in [1.807, 2.05) is 0 Å². The summed E-state index contributed by atoms with van der Waals surface area (Å²) in [4.78, 5) is 20.2. The fourth-order valence-electron chi connectivity index (χ4n) is 1.14. The number of sulfonamides is 1. The van der Waals surface area contributed by atoms with Crippen molar-refractivity contribution in [2.75, 3.05) is 25.5 Å². The lowest BCUT2D eigenvalue weighted by Gasteiger charge is -2.04. The van der Waals surface area contributed by atoms with E-state index in [4.69, 9.17) is 16.2 Å². The Kier molecular flexibility index (Phi) is 5.38. The highest BCUT2D eigenvalue weighted by atomic mass is 32.2. The molecule has 0 spiro atoms. The van der Waals surface area contributed by atoms with Gasteiger partial charge in [-0.3, -0.25) is 14.9 Å². The van der Waals surface area contributed by atoms with Gasteiger partial charge in [0.2, 0.25) is 15.9 Å². The summed E-state index contributed by atoms with van der Waals surface area (Å²) in [5, 5.41) is 10.4. The van der Waals surface area contributed by atoms with Crippen LogP contribution < -0.4 is 16.2 Å². The van der Waals surface area contributed by atoms with Gasteiger partial charge >= 0.3 is 5.69 Å². The molecule has 0 unspecified atom stereocenters. The van der Waals surface area contributed by atoms with Crippen molar-refractivity contribution in [2.24, 2.45) is 5.73 Å². The minimum absolute atomic E-state index is 0.0644. The van der Waals surface area contributed by atoms with Crippen LogP contribution in [0.2, 0.25) is 0 Å². The van der Waals surface area contributed by atoms with E-state index in [1.54, 1.807) is 0 Å². The summed E-state index contributed by atoms with van der Waals surface area (Å²) < 4.78 is 30.2. The van der Waals surface area contributed by atoms with Crippen molar-refractivity contribution in [3.05, 3.63) is 16.2 Å². The van der Waals surface area contributed by atoms with Gasteiger partial charge in [0, 0.05) is 12.6 Å². The van der Waals surface area contributed by atoms with Crippen LogP contribution in [-0.4, -0.2) is 39.0 Å². The number of nitrogen functional groups attached to an aromatic ring is 1. The molecule has 0 bridgehead atoms. The molecule has 12 heteroatoms. The molecule has 1 amide bonds. The summed E-state index contributed by atoms with van der Waals surface area (Å²) in [7, 11) is -3.91. The van der Waals surface area contributed by atoms with Crippen LogP contribution in [0.3, 0.4) is 0 Å². The number of nitrogens with one attached hydrogen (secondary N) is 1. The number of nitro groups is 1. The highest BCUT2D eigenvalue weighted by Crippen LogP contribution is 2.34. The number of rotatable bonds is 8. The van der Waals surface area contributed by atoms with Gasteiger partial charge in [0.15, 0.2) is 5.00 Å². The van der Waals surface area contributed by atoms with E-state index in [0.717, 1.165) is 6.07 Å². The zero-order valence-electron chi connectivity index (χ0n) is 10.1. The van der Waals surface area contributed by atoms with Gasteiger partial charge in [0.05, 0.1) is 11.5 Å². The quantitative estimate of drug-likeness (QED) is 0.313. The molecule has 0 aliphatic carbocycles. The van der Waals surface area contributed by atoms with E-state index >= 15 is 0 Å². The SMILES string of the molecule is NC(=O)COCCNS(=O)(=O)c1cc([N+](=O)[O-])c(N)s1. The third-order valence-electron chi connectivity index (χ3n) is 1.96. The van der Waals surface area contributed by atoms with Crippen LogP contribution in [0.4, 0.5) is 10.7 Å². The van der Waals surface area contributed by atoms with Crippen molar-refractivity contribution >= 4 is 38.0 Å². The Morgan fingerprint density at radius 2 is 2.20 bits per heavy atom. The summed E-state index contributed by atoms with van der Waals surface area (Å²) in [6, 6.07) is 0.882. The highest BCUT2D eigenvalue weighted by Gasteiger charge is 2.24. The summed E-state index contributed by atoms with van der Waals surface area (Å²) in [5.41, 5.74) is 9.72. The largest absolute Gasteiger partial charge is 0.385 e. The minimum atomic E-state index is -3.91. The van der Waals surface area contributed by atoms with Crippen molar-refractivity contribution in [3.8, 4) is 0 Å². The van der Waals surface area contributed by atoms with Gasteiger partial charge in [0.25, 0.3) is 0 Å². The number of amides is 1. The van der Waals surface area contributed by atoms with Crippen molar-refractivity contribution in [1.29, 1.82) is 0 Å². The summed E-state index contributed by atoms with van der Waals surface area (Å²) in [5.74, 6) is -0.672. The van der Waals surface area contributed by atoms with Crippen molar-refractivity contribution < 1.29 is 22.9 Å². The molecule has 20 heavy (non-hydrogen) atoms. The molecule has 0 fully saturated rings. The maximum absolute atomic E-state index is 11.8. The zero-order valence-corrected chi connectivity index (χ0v) is 11.7. The number of nitrogens with zero attached hydrogens (tertiary/aromatic N) is 1. The molecule has 0 aliphatic rings. The van der Waals surface area contributed by atoms with Gasteiger partial charge in [-0.25, -0.2) is 13.1 Å². The van der Waals surface area contributed by atoms with Gasteiger partial charge < -0.3 is 16.2 Å². The second-order valence-electron chi connectivity index (χ2n) is 3.49. The number of carbonyl (C=O) groups is 1. The number of ether oxygens (including phenoxy) is 1. The molecule has 5 N–H and O–H groups in total. The monoisotopic (exact) mass is 324 g/mol. The van der Waals surface area contributed by atoms with Crippen LogP contribution in [-0.2, 0) is 19.6 Å². The lowest BCUT2D eigenvalue weighted by Crippen LogP contribution is -2.28. The summed E-state index contributed by atoms with van der Waals surface area (Å²) >= 11 is 0.589. The number of primary amides is 1. The number of thiophene rings is 1. The normalized spacial score (nSPS) is 11.4. The molecule has 0 radical (unpaired) electrons. The Labute approximate surface area is 117 Å². The number of nitrogens with two attached hydrogens (primary N) is 2. The fourth-order valence-corrected chi connectivity index (χ4v) is 3.41. The topological polar surface area (TPSA) is 168 Å². The van der Waals surface area contributed by atoms with E-state index < -0.39 is 26.5 Å². The lowest BCUT2D eigenvalue weighted by atomic mass is 10.5. The number of hydrogen-bond donors (Lipinski definition) is 3. The fraction of sp³-hybridized carbons (Fsp3) is 0.375. The van der Waals surface area contributed by atoms with Crippen LogP contribution in [0.25, 0.3) is 0 Å². The first-order chi connectivity index (χ1) is 9.24. The molecule has 0 saturated heterocycles. The van der Waals surface area contributed by atoms with Crippen LogP contribution in [0.1, 0.15) is 0 Å². The predicted octanol–water partition coefficient (Wildman–Crippen LogP) is -0.981. The average Bonchev–Trinajstić information content (AvgIpc) is 2.71. The molecule has 1 aromatic heterocycles. The predicted molar refractivity (Wildman–Crippen MR) is 70.6 cm³/mol. The number of hydrogen-bond acceptors (Lipinski definition) is 8. The molecule has 10 nitrogen and oxygen atoms in total. The lowest BCUT2D eigenvalue weighted by molar-refractivity contribution is -0.383. The molecule has 0 aliphatic heterocycles. The molecule has 0 saturated carbocycles. The van der Waals surface area contributed by atoms with E-state index in [0.29, 0.717) is 11.3 Å². The van der Waals surface area contributed by atoms with E-state index in [1.165, 1.54) is 0 Å². The van der Waals surface area contributed by atoms with Gasteiger partial charge in [-0.2, -0.15) is 0 Å². The van der Waals surface area contributed by atoms with Crippen molar-refractivity contribution in [1.82, 2.24) is 4.72 Å². The Morgan fingerprint density at radius 1 is 1.55 bits per heavy atom. The van der Waals surface area contributed by atoms with Crippen molar-refractivity contribution in [2.45, 2.75) is 4.21 Å².